The van der Waals surface area contributed by atoms with E-state index in [1.54, 1.807) is 26.5 Å². The van der Waals surface area contributed by atoms with Gasteiger partial charge >= 0.3 is 0 Å². The minimum absolute atomic E-state index is 0.0320. The smallest absolute Gasteiger partial charge is 0.186 e. The molecule has 9 heteroatoms. The largest absolute Gasteiger partial charge is 0.364 e. The van der Waals surface area contributed by atoms with Gasteiger partial charge in [-0.1, -0.05) is 13.0 Å². The van der Waals surface area contributed by atoms with Gasteiger partial charge in [0.2, 0.25) is 0 Å². The maximum Gasteiger partial charge on any atom is 0.186 e. The molecule has 4 N–H and O–H groups in total. The van der Waals surface area contributed by atoms with Crippen molar-refractivity contribution in [1.82, 2.24) is 26.5 Å². The number of nitrogens with zero attached hydrogens (tertiary/aromatic N) is 3. The van der Waals surface area contributed by atoms with Crippen LogP contribution in [-0.4, -0.2) is 41.2 Å². The van der Waals surface area contributed by atoms with Crippen LogP contribution in [0.3, 0.4) is 0 Å². The third-order valence-electron chi connectivity index (χ3n) is 2.96. The molecule has 0 bridgehead atoms. The summed E-state index contributed by atoms with van der Waals surface area (Å²) in [7, 11) is 3.45. The van der Waals surface area contributed by atoms with E-state index in [0.29, 0.717) is 15.9 Å². The second-order valence-electron chi connectivity index (χ2n) is 4.42. The summed E-state index contributed by atoms with van der Waals surface area (Å²) in [5, 5.41) is 14.9. The molecule has 0 aliphatic carbocycles. The first-order valence-electron chi connectivity index (χ1n) is 7.08. The van der Waals surface area contributed by atoms with Gasteiger partial charge in [0.25, 0.3) is 0 Å². The Kier molecular flexibility index (Phi) is 8.70. The highest BCUT2D eigenvalue weighted by Crippen LogP contribution is 2.19. The fourth-order valence-electron chi connectivity index (χ4n) is 1.78. The molecule has 1 unspecified atom stereocenters. The molecule has 0 aliphatic rings. The zero-order valence-corrected chi connectivity index (χ0v) is 15.0. The fraction of sp³-hybridized carbons (Fsp3) is 0.357. The zero-order chi connectivity index (χ0) is 17.1. The molecule has 0 spiro atoms. The van der Waals surface area contributed by atoms with Crippen LogP contribution in [0.4, 0.5) is 0 Å². The first kappa shape index (κ1) is 18.9. The molecule has 7 nitrogen and oxygen atoms in total. The Morgan fingerprint density at radius 3 is 2.52 bits per heavy atom. The van der Waals surface area contributed by atoms with E-state index >= 15 is 0 Å². The van der Waals surface area contributed by atoms with Gasteiger partial charge in [0.15, 0.2) is 10.2 Å². The van der Waals surface area contributed by atoms with Gasteiger partial charge < -0.3 is 10.6 Å². The summed E-state index contributed by atoms with van der Waals surface area (Å²) in [6.45, 7) is 2.07. The lowest BCUT2D eigenvalue weighted by Crippen LogP contribution is -2.31. The molecular weight excluding hydrogens is 330 g/mol. The Labute approximate surface area is 147 Å². The molecular formula is C14H21N7S2. The molecule has 0 saturated heterocycles. The highest BCUT2D eigenvalue weighted by molar-refractivity contribution is 7.80. The summed E-state index contributed by atoms with van der Waals surface area (Å²) in [5.41, 5.74) is 7.26. The number of rotatable bonds is 6. The Bertz CT molecular complexity index is 572. The van der Waals surface area contributed by atoms with Gasteiger partial charge in [-0.25, -0.2) is 0 Å². The van der Waals surface area contributed by atoms with Crippen molar-refractivity contribution in [3.05, 3.63) is 30.1 Å². The molecule has 23 heavy (non-hydrogen) atoms. The van der Waals surface area contributed by atoms with E-state index in [2.05, 4.69) is 43.6 Å². The molecule has 1 atom stereocenters. The minimum Gasteiger partial charge on any atom is -0.364 e. The van der Waals surface area contributed by atoms with E-state index in [0.717, 1.165) is 12.0 Å². The second kappa shape index (κ2) is 10.6. The van der Waals surface area contributed by atoms with Crippen molar-refractivity contribution in [1.29, 1.82) is 0 Å². The van der Waals surface area contributed by atoms with E-state index in [4.69, 9.17) is 24.4 Å². The van der Waals surface area contributed by atoms with E-state index in [9.17, 15) is 0 Å². The van der Waals surface area contributed by atoms with E-state index in [1.807, 2.05) is 18.3 Å². The Balaban J connectivity index is 3.00. The molecule has 0 radical (unpaired) electrons. The van der Waals surface area contributed by atoms with Gasteiger partial charge in [0.1, 0.15) is 0 Å². The maximum absolute atomic E-state index is 5.05. The molecule has 1 aromatic rings. The Morgan fingerprint density at radius 2 is 1.96 bits per heavy atom. The van der Waals surface area contributed by atoms with Crippen molar-refractivity contribution < 1.29 is 0 Å². The van der Waals surface area contributed by atoms with Gasteiger partial charge in [0, 0.05) is 32.4 Å². The van der Waals surface area contributed by atoms with Crippen LogP contribution < -0.4 is 21.5 Å². The lowest BCUT2D eigenvalue weighted by molar-refractivity contribution is 0.829. The van der Waals surface area contributed by atoms with Crippen molar-refractivity contribution in [3.8, 4) is 0 Å². The lowest BCUT2D eigenvalue weighted by Gasteiger charge is -2.15. The standard InChI is InChI=1S/C14H21N7S2/c1-4-11(10-6-5-7-17-8-10)12(19-21-14(23)16-3)9-18-20-13(22)15-2/h5-9,11H,4H2,1-3H3,(H2,15,20,22)(H2,16,21,23)/b18-9-,19-12-. The summed E-state index contributed by atoms with van der Waals surface area (Å²) >= 11 is 10.0. The lowest BCUT2D eigenvalue weighted by atomic mass is 9.93. The van der Waals surface area contributed by atoms with Crippen LogP contribution in [0.2, 0.25) is 0 Å². The molecule has 0 aliphatic heterocycles. The van der Waals surface area contributed by atoms with Crippen molar-refractivity contribution in [2.75, 3.05) is 14.1 Å². The van der Waals surface area contributed by atoms with Crippen LogP contribution in [0.25, 0.3) is 0 Å². The molecule has 0 fully saturated rings. The van der Waals surface area contributed by atoms with Crippen LogP contribution in [0.5, 0.6) is 0 Å². The fourth-order valence-corrected chi connectivity index (χ4v) is 1.88. The van der Waals surface area contributed by atoms with Gasteiger partial charge in [-0.2, -0.15) is 10.2 Å². The van der Waals surface area contributed by atoms with Crippen molar-refractivity contribution in [3.63, 3.8) is 0 Å². The summed E-state index contributed by atoms with van der Waals surface area (Å²) in [5.74, 6) is 0.0320. The number of aromatic nitrogens is 1. The SMILES string of the molecule is CCC(C(/C=N\NC(=S)NC)=N\NC(=S)NC)c1cccnc1. The normalized spacial score (nSPS) is 12.6. The van der Waals surface area contributed by atoms with Gasteiger partial charge in [0.05, 0.1) is 11.9 Å². The molecule has 124 valence electrons. The molecule has 1 heterocycles. The predicted octanol–water partition coefficient (Wildman–Crippen LogP) is 1.10. The molecule has 0 aromatic carbocycles. The number of nitrogens with one attached hydrogen (secondary N) is 4. The van der Waals surface area contributed by atoms with Crippen LogP contribution in [0.1, 0.15) is 24.8 Å². The third-order valence-corrected chi connectivity index (χ3v) is 3.55. The number of pyridine rings is 1. The molecule has 1 rings (SSSR count). The quantitative estimate of drug-likeness (QED) is 0.347. The minimum atomic E-state index is 0.0320. The van der Waals surface area contributed by atoms with E-state index < -0.39 is 0 Å². The first-order valence-corrected chi connectivity index (χ1v) is 7.90. The third kappa shape index (κ3) is 6.66. The maximum atomic E-state index is 5.05. The average molecular weight is 352 g/mol. The van der Waals surface area contributed by atoms with Crippen LogP contribution in [0, 0.1) is 0 Å². The summed E-state index contributed by atoms with van der Waals surface area (Å²) in [6, 6.07) is 3.90. The van der Waals surface area contributed by atoms with Crippen molar-refractivity contribution >= 4 is 46.6 Å². The van der Waals surface area contributed by atoms with Gasteiger partial charge in [-0.3, -0.25) is 15.8 Å². The summed E-state index contributed by atoms with van der Waals surface area (Å²) in [4.78, 5) is 4.16. The predicted molar refractivity (Wildman–Crippen MR) is 103 cm³/mol. The number of thiocarbonyl (C=S) groups is 2. The van der Waals surface area contributed by atoms with Gasteiger partial charge in [-0.05, 0) is 42.5 Å². The molecule has 0 amide bonds. The topological polar surface area (TPSA) is 85.7 Å². The van der Waals surface area contributed by atoms with Gasteiger partial charge in [-0.15, -0.1) is 0 Å². The van der Waals surface area contributed by atoms with Crippen LogP contribution >= 0.6 is 24.4 Å². The molecule has 1 aromatic heterocycles. The number of hydrazone groups is 2. The Morgan fingerprint density at radius 1 is 1.26 bits per heavy atom. The van der Waals surface area contributed by atoms with E-state index in [-0.39, 0.29) is 5.92 Å². The number of hydrogen-bond donors (Lipinski definition) is 4. The highest BCUT2D eigenvalue weighted by Gasteiger charge is 2.16. The van der Waals surface area contributed by atoms with E-state index in [1.165, 1.54) is 0 Å². The summed E-state index contributed by atoms with van der Waals surface area (Å²) in [6.07, 6.45) is 6.01. The van der Waals surface area contributed by atoms with Crippen LogP contribution in [0.15, 0.2) is 34.7 Å². The second-order valence-corrected chi connectivity index (χ2v) is 5.24. The molecule has 0 saturated carbocycles. The first-order chi connectivity index (χ1) is 11.1. The Hall–Kier alpha value is -2.13. The monoisotopic (exact) mass is 351 g/mol. The number of hydrogen-bond acceptors (Lipinski definition) is 5. The average Bonchev–Trinajstić information content (AvgIpc) is 2.60. The van der Waals surface area contributed by atoms with Crippen molar-refractivity contribution in [2.24, 2.45) is 10.2 Å². The van der Waals surface area contributed by atoms with Crippen molar-refractivity contribution in [2.45, 2.75) is 19.3 Å². The highest BCUT2D eigenvalue weighted by atomic mass is 32.1. The summed E-state index contributed by atoms with van der Waals surface area (Å²) < 4.78 is 0. The zero-order valence-electron chi connectivity index (χ0n) is 13.3. The van der Waals surface area contributed by atoms with Crippen LogP contribution in [-0.2, 0) is 0 Å².